The predicted molar refractivity (Wildman–Crippen MR) is 85.2 cm³/mol. The van der Waals surface area contributed by atoms with Crippen LogP contribution in [-0.2, 0) is 13.1 Å². The van der Waals surface area contributed by atoms with E-state index in [0.29, 0.717) is 6.54 Å². The first kappa shape index (κ1) is 14.3. The van der Waals surface area contributed by atoms with E-state index in [1.165, 1.54) is 5.56 Å². The van der Waals surface area contributed by atoms with Crippen LogP contribution >= 0.6 is 0 Å². The number of nitrogens with one attached hydrogen (secondary N) is 2. The van der Waals surface area contributed by atoms with Crippen LogP contribution in [0.4, 0.5) is 0 Å². The van der Waals surface area contributed by atoms with E-state index >= 15 is 0 Å². The van der Waals surface area contributed by atoms with Crippen LogP contribution in [0.25, 0.3) is 0 Å². The summed E-state index contributed by atoms with van der Waals surface area (Å²) in [5.74, 6) is 1.82. The number of hydrogen-bond acceptors (Lipinski definition) is 5. The summed E-state index contributed by atoms with van der Waals surface area (Å²) in [5, 5.41) is 9.40. The first-order chi connectivity index (χ1) is 10.7. The molecule has 0 radical (unpaired) electrons. The van der Waals surface area contributed by atoms with Gasteiger partial charge >= 0.3 is 0 Å². The van der Waals surface area contributed by atoms with E-state index in [1.807, 2.05) is 43.3 Å². The Morgan fingerprint density at radius 1 is 1.23 bits per heavy atom. The molecule has 0 saturated carbocycles. The van der Waals surface area contributed by atoms with Crippen LogP contribution in [0.1, 0.15) is 22.6 Å². The van der Waals surface area contributed by atoms with E-state index in [-0.39, 0.29) is 0 Å². The molecule has 1 aliphatic heterocycles. The van der Waals surface area contributed by atoms with E-state index in [4.69, 9.17) is 4.52 Å². The normalized spacial score (nSPS) is 13.7. The summed E-state index contributed by atoms with van der Waals surface area (Å²) in [7, 11) is 0. The summed E-state index contributed by atoms with van der Waals surface area (Å²) < 4.78 is 5.18. The molecular formula is C17H20N4O. The van der Waals surface area contributed by atoms with Crippen LogP contribution in [0.15, 0.2) is 59.0 Å². The number of benzene rings is 1. The van der Waals surface area contributed by atoms with E-state index in [9.17, 15) is 0 Å². The first-order valence-electron chi connectivity index (χ1n) is 7.34. The van der Waals surface area contributed by atoms with Gasteiger partial charge in [0.05, 0.1) is 12.2 Å². The zero-order valence-corrected chi connectivity index (χ0v) is 12.8. The van der Waals surface area contributed by atoms with Crippen LogP contribution in [0.3, 0.4) is 0 Å². The molecule has 0 bridgehead atoms. The van der Waals surface area contributed by atoms with Gasteiger partial charge in [-0.2, -0.15) is 0 Å². The summed E-state index contributed by atoms with van der Waals surface area (Å²) in [5.41, 5.74) is 6.64. The molecule has 0 fully saturated rings. The number of rotatable bonds is 5. The van der Waals surface area contributed by atoms with Gasteiger partial charge in [0.25, 0.3) is 0 Å². The zero-order chi connectivity index (χ0) is 15.4. The molecule has 0 aliphatic carbocycles. The Labute approximate surface area is 130 Å². The molecule has 2 aromatic rings. The maximum Gasteiger partial charge on any atom is 0.138 e. The minimum atomic E-state index is 0.688. The van der Waals surface area contributed by atoms with Crippen LogP contribution in [0.5, 0.6) is 0 Å². The Morgan fingerprint density at radius 3 is 2.77 bits per heavy atom. The molecule has 5 nitrogen and oxygen atoms in total. The lowest BCUT2D eigenvalue weighted by atomic mass is 10.2. The fourth-order valence-electron chi connectivity index (χ4n) is 2.38. The van der Waals surface area contributed by atoms with Crippen LogP contribution < -0.4 is 10.7 Å². The van der Waals surface area contributed by atoms with Gasteiger partial charge in [-0.15, -0.1) is 0 Å². The van der Waals surface area contributed by atoms with Gasteiger partial charge in [0.1, 0.15) is 11.6 Å². The molecule has 0 amide bonds. The van der Waals surface area contributed by atoms with E-state index in [2.05, 4.69) is 40.2 Å². The van der Waals surface area contributed by atoms with Crippen molar-refractivity contribution in [3.05, 3.63) is 77.1 Å². The lowest BCUT2D eigenvalue weighted by Gasteiger charge is -2.27. The quantitative estimate of drug-likeness (QED) is 0.888. The van der Waals surface area contributed by atoms with Gasteiger partial charge < -0.3 is 9.84 Å². The molecule has 0 atom stereocenters. The number of aryl methyl sites for hydroxylation is 2. The van der Waals surface area contributed by atoms with Crippen LogP contribution in [0, 0.1) is 13.8 Å². The molecule has 5 heteroatoms. The highest BCUT2D eigenvalue weighted by Gasteiger charge is 2.11. The van der Waals surface area contributed by atoms with Crippen molar-refractivity contribution in [1.82, 2.24) is 20.9 Å². The van der Waals surface area contributed by atoms with Gasteiger partial charge in [0.15, 0.2) is 0 Å². The summed E-state index contributed by atoms with van der Waals surface area (Å²) >= 11 is 0. The third-order valence-electron chi connectivity index (χ3n) is 3.63. The second kappa shape index (κ2) is 6.39. The molecule has 114 valence electrons. The Bertz CT molecular complexity index is 668. The van der Waals surface area contributed by atoms with Gasteiger partial charge in [-0.05, 0) is 31.6 Å². The number of hydrazine groups is 1. The smallest absolute Gasteiger partial charge is 0.138 e. The van der Waals surface area contributed by atoms with Crippen LogP contribution in [0.2, 0.25) is 0 Å². The van der Waals surface area contributed by atoms with Gasteiger partial charge in [-0.3, -0.25) is 10.4 Å². The third-order valence-corrected chi connectivity index (χ3v) is 3.63. The van der Waals surface area contributed by atoms with Gasteiger partial charge in [-0.1, -0.05) is 35.5 Å². The zero-order valence-electron chi connectivity index (χ0n) is 12.8. The highest BCUT2D eigenvalue weighted by molar-refractivity contribution is 5.23. The van der Waals surface area contributed by atoms with E-state index in [0.717, 1.165) is 29.4 Å². The van der Waals surface area contributed by atoms with Crippen molar-refractivity contribution in [2.45, 2.75) is 26.9 Å². The molecule has 0 spiro atoms. The molecule has 2 N–H and O–H groups in total. The maximum absolute atomic E-state index is 5.18. The molecule has 2 heterocycles. The minimum Gasteiger partial charge on any atom is -0.366 e. The molecule has 1 aromatic heterocycles. The fraction of sp³-hybridized carbons (Fsp3) is 0.235. The van der Waals surface area contributed by atoms with Crippen molar-refractivity contribution in [3.8, 4) is 0 Å². The average molecular weight is 296 g/mol. The van der Waals surface area contributed by atoms with Gasteiger partial charge in [-0.25, -0.2) is 0 Å². The average Bonchev–Trinajstić information content (AvgIpc) is 2.85. The Kier molecular flexibility index (Phi) is 4.14. The molecule has 22 heavy (non-hydrogen) atoms. The van der Waals surface area contributed by atoms with E-state index in [1.54, 1.807) is 0 Å². The van der Waals surface area contributed by atoms with Crippen molar-refractivity contribution in [1.29, 1.82) is 0 Å². The molecule has 3 rings (SSSR count). The van der Waals surface area contributed by atoms with Gasteiger partial charge in [0.2, 0.25) is 0 Å². The summed E-state index contributed by atoms with van der Waals surface area (Å²) in [6, 6.07) is 10.4. The topological polar surface area (TPSA) is 53.3 Å². The SMILES string of the molecule is Cc1noc(C)c1CNC1=CC=CN(Cc2ccccc2)N1. The Morgan fingerprint density at radius 2 is 2.05 bits per heavy atom. The van der Waals surface area contributed by atoms with E-state index < -0.39 is 0 Å². The third kappa shape index (κ3) is 3.31. The number of aromatic nitrogens is 1. The van der Waals surface area contributed by atoms with Crippen molar-refractivity contribution in [2.75, 3.05) is 0 Å². The van der Waals surface area contributed by atoms with Crippen molar-refractivity contribution >= 4 is 0 Å². The summed E-state index contributed by atoms with van der Waals surface area (Å²) in [6.07, 6.45) is 6.06. The molecule has 1 aromatic carbocycles. The monoisotopic (exact) mass is 296 g/mol. The highest BCUT2D eigenvalue weighted by Crippen LogP contribution is 2.13. The minimum absolute atomic E-state index is 0.688. The second-order valence-electron chi connectivity index (χ2n) is 5.30. The lowest BCUT2D eigenvalue weighted by Crippen LogP contribution is -2.39. The molecule has 1 aliphatic rings. The largest absolute Gasteiger partial charge is 0.366 e. The van der Waals surface area contributed by atoms with Crippen molar-refractivity contribution in [3.63, 3.8) is 0 Å². The number of nitrogens with zero attached hydrogens (tertiary/aromatic N) is 2. The van der Waals surface area contributed by atoms with Crippen molar-refractivity contribution in [2.24, 2.45) is 0 Å². The predicted octanol–water partition coefficient (Wildman–Crippen LogP) is 2.76. The maximum atomic E-state index is 5.18. The fourth-order valence-corrected chi connectivity index (χ4v) is 2.38. The van der Waals surface area contributed by atoms with Gasteiger partial charge in [0, 0.05) is 18.3 Å². The Hall–Kier alpha value is -2.69. The molecular weight excluding hydrogens is 276 g/mol. The Balaban J connectivity index is 1.57. The highest BCUT2D eigenvalue weighted by atomic mass is 16.5. The summed E-state index contributed by atoms with van der Waals surface area (Å²) in [6.45, 7) is 5.38. The number of allylic oxidation sites excluding steroid dienone is 2. The van der Waals surface area contributed by atoms with Crippen LogP contribution in [-0.4, -0.2) is 10.2 Å². The standard InChI is InChI=1S/C17H20N4O/c1-13-16(14(2)22-20-13)11-18-17-9-6-10-21(19-17)12-15-7-4-3-5-8-15/h3-10,18-19H,11-12H2,1-2H3. The van der Waals surface area contributed by atoms with Crippen molar-refractivity contribution < 1.29 is 4.52 Å². The first-order valence-corrected chi connectivity index (χ1v) is 7.34. The summed E-state index contributed by atoms with van der Waals surface area (Å²) in [4.78, 5) is 0. The lowest BCUT2D eigenvalue weighted by molar-refractivity contribution is 0.279. The number of hydrogen-bond donors (Lipinski definition) is 2. The molecule has 0 saturated heterocycles. The second-order valence-corrected chi connectivity index (χ2v) is 5.30. The molecule has 0 unspecified atom stereocenters.